The Morgan fingerprint density at radius 2 is 1.95 bits per heavy atom. The smallest absolute Gasteiger partial charge is 0.119 e. The van der Waals surface area contributed by atoms with Gasteiger partial charge in [-0.25, -0.2) is 0 Å². The highest BCUT2D eigenvalue weighted by molar-refractivity contribution is 5.27. The van der Waals surface area contributed by atoms with Gasteiger partial charge in [0.25, 0.3) is 0 Å². The standard InChI is InChI=1S/C17H29N3O/c1-19(2)12-13-21-17-7-5-15(6-8-17)14-20-10-3-4-16(18)9-11-20/h5-8,16H,3-4,9-14,18H2,1-2H3/t16-/m1/s1. The lowest BCUT2D eigenvalue weighted by molar-refractivity contribution is 0.260. The topological polar surface area (TPSA) is 41.7 Å². The van der Waals surface area contributed by atoms with Crippen molar-refractivity contribution in [3.63, 3.8) is 0 Å². The van der Waals surface area contributed by atoms with Gasteiger partial charge in [-0.05, 0) is 64.1 Å². The molecule has 4 nitrogen and oxygen atoms in total. The first-order chi connectivity index (χ1) is 10.1. The molecule has 21 heavy (non-hydrogen) atoms. The molecule has 1 aromatic carbocycles. The van der Waals surface area contributed by atoms with E-state index in [1.165, 1.54) is 12.0 Å². The third kappa shape index (κ3) is 6.04. The van der Waals surface area contributed by atoms with Crippen molar-refractivity contribution in [2.24, 2.45) is 5.73 Å². The number of hydrogen-bond acceptors (Lipinski definition) is 4. The summed E-state index contributed by atoms with van der Waals surface area (Å²) in [5.41, 5.74) is 7.38. The second kappa shape index (κ2) is 8.37. The van der Waals surface area contributed by atoms with Crippen LogP contribution in [-0.4, -0.2) is 56.2 Å². The molecule has 0 aliphatic carbocycles. The lowest BCUT2D eigenvalue weighted by atomic mass is 10.1. The minimum atomic E-state index is 0.391. The largest absolute Gasteiger partial charge is 0.492 e. The van der Waals surface area contributed by atoms with E-state index in [1.54, 1.807) is 0 Å². The molecule has 1 saturated heterocycles. The summed E-state index contributed by atoms with van der Waals surface area (Å²) in [6.07, 6.45) is 3.49. The molecule has 1 aromatic rings. The summed E-state index contributed by atoms with van der Waals surface area (Å²) >= 11 is 0. The van der Waals surface area contributed by atoms with Crippen molar-refractivity contribution in [3.8, 4) is 5.75 Å². The molecule has 0 aromatic heterocycles. The van der Waals surface area contributed by atoms with Crippen molar-refractivity contribution >= 4 is 0 Å². The summed E-state index contributed by atoms with van der Waals surface area (Å²) in [4.78, 5) is 4.63. The van der Waals surface area contributed by atoms with Crippen LogP contribution in [0.1, 0.15) is 24.8 Å². The Labute approximate surface area is 128 Å². The summed E-state index contributed by atoms with van der Waals surface area (Å²) in [5, 5.41) is 0. The summed E-state index contributed by atoms with van der Waals surface area (Å²) in [6, 6.07) is 8.90. The lowest BCUT2D eigenvalue weighted by Gasteiger charge is -2.20. The monoisotopic (exact) mass is 291 g/mol. The Morgan fingerprint density at radius 3 is 2.67 bits per heavy atom. The highest BCUT2D eigenvalue weighted by atomic mass is 16.5. The maximum absolute atomic E-state index is 6.03. The van der Waals surface area contributed by atoms with Gasteiger partial charge in [-0.15, -0.1) is 0 Å². The van der Waals surface area contributed by atoms with Crippen molar-refractivity contribution < 1.29 is 4.74 Å². The number of likely N-dealkylation sites (N-methyl/N-ethyl adjacent to an activating group) is 1. The maximum Gasteiger partial charge on any atom is 0.119 e. The molecule has 2 N–H and O–H groups in total. The van der Waals surface area contributed by atoms with E-state index in [0.717, 1.165) is 51.4 Å². The maximum atomic E-state index is 6.03. The van der Waals surface area contributed by atoms with E-state index in [0.29, 0.717) is 6.04 Å². The average Bonchev–Trinajstić information content (AvgIpc) is 2.65. The highest BCUT2D eigenvalue weighted by Crippen LogP contribution is 2.16. The van der Waals surface area contributed by atoms with Gasteiger partial charge in [-0.3, -0.25) is 4.90 Å². The van der Waals surface area contributed by atoms with Crippen molar-refractivity contribution in [1.82, 2.24) is 9.80 Å². The van der Waals surface area contributed by atoms with E-state index in [2.05, 4.69) is 48.2 Å². The van der Waals surface area contributed by atoms with E-state index in [4.69, 9.17) is 10.5 Å². The van der Waals surface area contributed by atoms with Crippen LogP contribution in [0.5, 0.6) is 5.75 Å². The summed E-state index contributed by atoms with van der Waals surface area (Å²) in [7, 11) is 4.11. The van der Waals surface area contributed by atoms with Gasteiger partial charge in [0.1, 0.15) is 12.4 Å². The van der Waals surface area contributed by atoms with E-state index < -0.39 is 0 Å². The zero-order valence-electron chi connectivity index (χ0n) is 13.4. The van der Waals surface area contributed by atoms with E-state index in [-0.39, 0.29) is 0 Å². The van der Waals surface area contributed by atoms with Crippen LogP contribution < -0.4 is 10.5 Å². The highest BCUT2D eigenvalue weighted by Gasteiger charge is 2.13. The predicted molar refractivity (Wildman–Crippen MR) is 87.6 cm³/mol. The fraction of sp³-hybridized carbons (Fsp3) is 0.647. The van der Waals surface area contributed by atoms with Crippen molar-refractivity contribution in [2.75, 3.05) is 40.3 Å². The number of hydrogen-bond donors (Lipinski definition) is 1. The van der Waals surface area contributed by atoms with Gasteiger partial charge >= 0.3 is 0 Å². The van der Waals surface area contributed by atoms with Gasteiger partial charge < -0.3 is 15.4 Å². The van der Waals surface area contributed by atoms with E-state index in [1.807, 2.05) is 0 Å². The third-order valence-corrected chi connectivity index (χ3v) is 4.00. The minimum absolute atomic E-state index is 0.391. The predicted octanol–water partition coefficient (Wildman–Crippen LogP) is 1.94. The Balaban J connectivity index is 1.79. The molecule has 0 amide bonds. The number of ether oxygens (including phenoxy) is 1. The summed E-state index contributed by atoms with van der Waals surface area (Å²) < 4.78 is 5.72. The fourth-order valence-electron chi connectivity index (χ4n) is 2.64. The summed E-state index contributed by atoms with van der Waals surface area (Å²) in [5.74, 6) is 0.957. The number of likely N-dealkylation sites (tertiary alicyclic amines) is 1. The van der Waals surface area contributed by atoms with Crippen LogP contribution in [0.3, 0.4) is 0 Å². The van der Waals surface area contributed by atoms with Crippen LogP contribution in [0.4, 0.5) is 0 Å². The first-order valence-corrected chi connectivity index (χ1v) is 7.98. The number of rotatable bonds is 6. The molecule has 4 heteroatoms. The second-order valence-electron chi connectivity index (χ2n) is 6.26. The molecule has 2 rings (SSSR count). The van der Waals surface area contributed by atoms with Crippen LogP contribution in [-0.2, 0) is 6.54 Å². The first kappa shape index (κ1) is 16.3. The molecule has 1 fully saturated rings. The van der Waals surface area contributed by atoms with Gasteiger partial charge in [-0.2, -0.15) is 0 Å². The van der Waals surface area contributed by atoms with Crippen molar-refractivity contribution in [1.29, 1.82) is 0 Å². The molecule has 118 valence electrons. The van der Waals surface area contributed by atoms with Crippen LogP contribution in [0, 0.1) is 0 Å². The van der Waals surface area contributed by atoms with Crippen LogP contribution >= 0.6 is 0 Å². The molecule has 0 spiro atoms. The van der Waals surface area contributed by atoms with Gasteiger partial charge in [-0.1, -0.05) is 12.1 Å². The Morgan fingerprint density at radius 1 is 1.19 bits per heavy atom. The lowest BCUT2D eigenvalue weighted by Crippen LogP contribution is -2.26. The van der Waals surface area contributed by atoms with E-state index >= 15 is 0 Å². The molecule has 0 radical (unpaired) electrons. The molecule has 0 unspecified atom stereocenters. The fourth-order valence-corrected chi connectivity index (χ4v) is 2.64. The SMILES string of the molecule is CN(C)CCOc1ccc(CN2CCC[C@@H](N)CC2)cc1. The minimum Gasteiger partial charge on any atom is -0.492 e. The third-order valence-electron chi connectivity index (χ3n) is 4.00. The molecule has 1 aliphatic heterocycles. The Kier molecular flexibility index (Phi) is 6.49. The zero-order valence-corrected chi connectivity index (χ0v) is 13.4. The Bertz CT molecular complexity index is 405. The van der Waals surface area contributed by atoms with Crippen LogP contribution in [0.15, 0.2) is 24.3 Å². The molecule has 1 heterocycles. The van der Waals surface area contributed by atoms with Gasteiger partial charge in [0.05, 0.1) is 0 Å². The molecule has 1 aliphatic rings. The van der Waals surface area contributed by atoms with E-state index in [9.17, 15) is 0 Å². The average molecular weight is 291 g/mol. The molecule has 0 bridgehead atoms. The van der Waals surface area contributed by atoms with Crippen LogP contribution in [0.25, 0.3) is 0 Å². The Hall–Kier alpha value is -1.10. The molecule has 0 saturated carbocycles. The van der Waals surface area contributed by atoms with Gasteiger partial charge in [0.2, 0.25) is 0 Å². The normalized spacial score (nSPS) is 20.5. The first-order valence-electron chi connectivity index (χ1n) is 7.98. The molecule has 1 atom stereocenters. The van der Waals surface area contributed by atoms with Crippen molar-refractivity contribution in [3.05, 3.63) is 29.8 Å². The van der Waals surface area contributed by atoms with Gasteiger partial charge in [0, 0.05) is 19.1 Å². The molecular formula is C17H29N3O. The second-order valence-corrected chi connectivity index (χ2v) is 6.26. The quantitative estimate of drug-likeness (QED) is 0.870. The molecular weight excluding hydrogens is 262 g/mol. The number of nitrogens with two attached hydrogens (primary N) is 1. The van der Waals surface area contributed by atoms with Crippen LogP contribution in [0.2, 0.25) is 0 Å². The zero-order chi connectivity index (χ0) is 15.1. The van der Waals surface area contributed by atoms with Crippen molar-refractivity contribution in [2.45, 2.75) is 31.8 Å². The number of nitrogens with zero attached hydrogens (tertiary/aromatic N) is 2. The van der Waals surface area contributed by atoms with Gasteiger partial charge in [0.15, 0.2) is 0 Å². The number of benzene rings is 1. The summed E-state index contributed by atoms with van der Waals surface area (Å²) in [6.45, 7) is 4.97.